The van der Waals surface area contributed by atoms with Gasteiger partial charge in [-0.2, -0.15) is 9.57 Å². The fourth-order valence-corrected chi connectivity index (χ4v) is 4.54. The monoisotopic (exact) mass is 306 g/mol. The topological polar surface area (TPSA) is 61.2 Å². The predicted molar refractivity (Wildman–Crippen MR) is 82.0 cm³/mol. The fourth-order valence-electron chi connectivity index (χ4n) is 3.01. The Labute approximate surface area is 127 Å². The normalized spacial score (nSPS) is 24.7. The van der Waals surface area contributed by atoms with Gasteiger partial charge < -0.3 is 0 Å². The molecule has 21 heavy (non-hydrogen) atoms. The summed E-state index contributed by atoms with van der Waals surface area (Å²) in [5.74, 6) is 0.272. The molecule has 0 aliphatic carbocycles. The predicted octanol–water partition coefficient (Wildman–Crippen LogP) is 2.80. The maximum absolute atomic E-state index is 12.7. The Bertz CT molecular complexity index is 631. The van der Waals surface area contributed by atoms with Crippen LogP contribution in [-0.2, 0) is 10.0 Å². The molecule has 0 bridgehead atoms. The summed E-state index contributed by atoms with van der Waals surface area (Å²) in [6.45, 7) is 6.84. The highest BCUT2D eigenvalue weighted by molar-refractivity contribution is 7.89. The summed E-state index contributed by atoms with van der Waals surface area (Å²) in [6, 6.07) is 9.22. The molecule has 0 amide bonds. The van der Waals surface area contributed by atoms with Gasteiger partial charge in [-0.1, -0.05) is 31.0 Å². The van der Waals surface area contributed by atoms with Crippen LogP contribution in [0, 0.1) is 36.0 Å². The zero-order valence-corrected chi connectivity index (χ0v) is 13.6. The largest absolute Gasteiger partial charge is 0.243 e. The second-order valence-corrected chi connectivity index (χ2v) is 7.82. The molecule has 0 aromatic heterocycles. The lowest BCUT2D eigenvalue weighted by atomic mass is 9.84. The molecule has 0 N–H and O–H groups in total. The average Bonchev–Trinajstić information content (AvgIpc) is 2.92. The first-order valence-corrected chi connectivity index (χ1v) is 8.80. The van der Waals surface area contributed by atoms with Crippen LogP contribution in [0.3, 0.4) is 0 Å². The molecule has 114 valence electrons. The van der Waals surface area contributed by atoms with E-state index < -0.39 is 10.0 Å². The second kappa shape index (κ2) is 6.17. The van der Waals surface area contributed by atoms with Gasteiger partial charge in [0, 0.05) is 19.0 Å². The van der Waals surface area contributed by atoms with Crippen LogP contribution in [-0.4, -0.2) is 25.8 Å². The lowest BCUT2D eigenvalue weighted by Crippen LogP contribution is -2.29. The van der Waals surface area contributed by atoms with Gasteiger partial charge in [-0.3, -0.25) is 0 Å². The first-order chi connectivity index (χ1) is 9.90. The molecule has 0 saturated carbocycles. The third-order valence-corrected chi connectivity index (χ3v) is 6.33. The van der Waals surface area contributed by atoms with Crippen LogP contribution in [0.2, 0.25) is 0 Å². The molecule has 1 aromatic rings. The van der Waals surface area contributed by atoms with Crippen molar-refractivity contribution in [1.82, 2.24) is 4.31 Å². The number of hydrogen-bond acceptors (Lipinski definition) is 3. The van der Waals surface area contributed by atoms with Crippen molar-refractivity contribution >= 4 is 10.0 Å². The summed E-state index contributed by atoms with van der Waals surface area (Å²) in [5, 5.41) is 9.13. The number of hydrogen-bond donors (Lipinski definition) is 0. The number of benzene rings is 1. The molecule has 0 unspecified atom stereocenters. The van der Waals surface area contributed by atoms with Crippen LogP contribution in [0.1, 0.15) is 25.8 Å². The van der Waals surface area contributed by atoms with Crippen molar-refractivity contribution in [3.63, 3.8) is 0 Å². The Hall–Kier alpha value is -1.38. The summed E-state index contributed by atoms with van der Waals surface area (Å²) in [7, 11) is -3.45. The van der Waals surface area contributed by atoms with E-state index in [9.17, 15) is 8.42 Å². The smallest absolute Gasteiger partial charge is 0.207 e. The molecule has 1 fully saturated rings. The standard InChI is InChI=1S/C16H22N2O2S/c1-4-14-10-18(11-16(14)13(3)9-17)21(19,20)15-7-5-12(2)6-8-15/h5-8,13-14,16H,4,10-11H2,1-3H3/t13-,14-,16-/m0/s1. The van der Waals surface area contributed by atoms with E-state index in [2.05, 4.69) is 13.0 Å². The van der Waals surface area contributed by atoms with E-state index in [-0.39, 0.29) is 17.8 Å². The van der Waals surface area contributed by atoms with Crippen LogP contribution in [0.25, 0.3) is 0 Å². The maximum atomic E-state index is 12.7. The molecule has 3 atom stereocenters. The molecule has 1 aliphatic heterocycles. The van der Waals surface area contributed by atoms with E-state index in [0.717, 1.165) is 12.0 Å². The SMILES string of the molecule is CC[C@H]1CN(S(=O)(=O)c2ccc(C)cc2)C[C@H]1[C@@H](C)C#N. The Morgan fingerprint density at radius 1 is 1.33 bits per heavy atom. The molecule has 1 aromatic carbocycles. The third-order valence-electron chi connectivity index (χ3n) is 4.49. The van der Waals surface area contributed by atoms with Crippen molar-refractivity contribution in [2.75, 3.05) is 13.1 Å². The highest BCUT2D eigenvalue weighted by Crippen LogP contribution is 2.34. The maximum Gasteiger partial charge on any atom is 0.243 e. The Morgan fingerprint density at radius 2 is 1.95 bits per heavy atom. The average molecular weight is 306 g/mol. The molecule has 0 spiro atoms. The van der Waals surface area contributed by atoms with E-state index in [1.807, 2.05) is 26.0 Å². The van der Waals surface area contributed by atoms with Crippen LogP contribution in [0.15, 0.2) is 29.2 Å². The minimum Gasteiger partial charge on any atom is -0.207 e. The molecule has 2 rings (SSSR count). The quantitative estimate of drug-likeness (QED) is 0.859. The van der Waals surface area contributed by atoms with Crippen LogP contribution in [0.5, 0.6) is 0 Å². The molecular formula is C16H22N2O2S. The summed E-state index contributed by atoms with van der Waals surface area (Å²) < 4.78 is 27.0. The minimum absolute atomic E-state index is 0.117. The van der Waals surface area contributed by atoms with E-state index in [4.69, 9.17) is 5.26 Å². The van der Waals surface area contributed by atoms with E-state index in [0.29, 0.717) is 18.0 Å². The van der Waals surface area contributed by atoms with Crippen molar-refractivity contribution in [1.29, 1.82) is 5.26 Å². The van der Waals surface area contributed by atoms with Gasteiger partial charge in [0.25, 0.3) is 0 Å². The zero-order chi connectivity index (χ0) is 15.6. The Balaban J connectivity index is 2.26. The lowest BCUT2D eigenvalue weighted by molar-refractivity contribution is 0.343. The molecule has 1 heterocycles. The minimum atomic E-state index is -3.45. The molecule has 0 radical (unpaired) electrons. The molecule has 1 aliphatic rings. The van der Waals surface area contributed by atoms with Crippen LogP contribution >= 0.6 is 0 Å². The number of nitriles is 1. The summed E-state index contributed by atoms with van der Waals surface area (Å²) in [5.41, 5.74) is 1.04. The van der Waals surface area contributed by atoms with Gasteiger partial charge >= 0.3 is 0 Å². The van der Waals surface area contributed by atoms with Gasteiger partial charge in [-0.25, -0.2) is 8.42 Å². The number of aryl methyl sites for hydroxylation is 1. The van der Waals surface area contributed by atoms with E-state index >= 15 is 0 Å². The van der Waals surface area contributed by atoms with Crippen molar-refractivity contribution in [2.45, 2.75) is 32.1 Å². The van der Waals surface area contributed by atoms with Crippen molar-refractivity contribution in [3.05, 3.63) is 29.8 Å². The summed E-state index contributed by atoms with van der Waals surface area (Å²) >= 11 is 0. The van der Waals surface area contributed by atoms with Gasteiger partial charge in [0.1, 0.15) is 0 Å². The Kier molecular flexibility index (Phi) is 4.70. The van der Waals surface area contributed by atoms with Gasteiger partial charge in [0.2, 0.25) is 10.0 Å². The first kappa shape index (κ1) is 16.0. The highest BCUT2D eigenvalue weighted by atomic mass is 32.2. The molecule has 1 saturated heterocycles. The summed E-state index contributed by atoms with van der Waals surface area (Å²) in [4.78, 5) is 0.341. The zero-order valence-electron chi connectivity index (χ0n) is 12.8. The molecule has 5 heteroatoms. The number of rotatable bonds is 4. The molecule has 4 nitrogen and oxygen atoms in total. The second-order valence-electron chi connectivity index (χ2n) is 5.89. The number of nitrogens with zero attached hydrogens (tertiary/aromatic N) is 2. The van der Waals surface area contributed by atoms with Gasteiger partial charge in [0.15, 0.2) is 0 Å². The van der Waals surface area contributed by atoms with Crippen molar-refractivity contribution in [2.24, 2.45) is 17.8 Å². The van der Waals surface area contributed by atoms with Gasteiger partial charge in [0.05, 0.1) is 11.0 Å². The molecular weight excluding hydrogens is 284 g/mol. The van der Waals surface area contributed by atoms with E-state index in [1.165, 1.54) is 0 Å². The van der Waals surface area contributed by atoms with Gasteiger partial charge in [-0.15, -0.1) is 0 Å². The van der Waals surface area contributed by atoms with Crippen molar-refractivity contribution < 1.29 is 8.42 Å². The van der Waals surface area contributed by atoms with Crippen LogP contribution in [0.4, 0.5) is 0 Å². The van der Waals surface area contributed by atoms with E-state index in [1.54, 1.807) is 16.4 Å². The van der Waals surface area contributed by atoms with Gasteiger partial charge in [-0.05, 0) is 37.8 Å². The lowest BCUT2D eigenvalue weighted by Gasteiger charge is -2.18. The highest BCUT2D eigenvalue weighted by Gasteiger charge is 2.40. The fraction of sp³-hybridized carbons (Fsp3) is 0.562. The summed E-state index contributed by atoms with van der Waals surface area (Å²) in [6.07, 6.45) is 0.899. The van der Waals surface area contributed by atoms with Crippen molar-refractivity contribution in [3.8, 4) is 6.07 Å². The number of sulfonamides is 1. The first-order valence-electron chi connectivity index (χ1n) is 7.36. The third kappa shape index (κ3) is 3.12. The Morgan fingerprint density at radius 3 is 2.48 bits per heavy atom. The van der Waals surface area contributed by atoms with Crippen LogP contribution < -0.4 is 0 Å².